The van der Waals surface area contributed by atoms with Gasteiger partial charge in [0, 0.05) is 0 Å². The van der Waals surface area contributed by atoms with Crippen molar-refractivity contribution in [3.05, 3.63) is 52.8 Å². The van der Waals surface area contributed by atoms with E-state index in [2.05, 4.69) is 43.1 Å². The van der Waals surface area contributed by atoms with Crippen LogP contribution in [-0.2, 0) is 12.0 Å². The van der Waals surface area contributed by atoms with Crippen LogP contribution in [0.15, 0.2) is 36.4 Å². The fourth-order valence-corrected chi connectivity index (χ4v) is 1.89. The predicted octanol–water partition coefficient (Wildman–Crippen LogP) is 4.40. The molecule has 3 nitrogen and oxygen atoms in total. The number of hydrogen-bond donors (Lipinski definition) is 0. The molecule has 0 unspecified atom stereocenters. The molecule has 0 aliphatic heterocycles. The highest BCUT2D eigenvalue weighted by molar-refractivity contribution is 6.29. The molecule has 0 saturated heterocycles. The van der Waals surface area contributed by atoms with E-state index in [1.165, 1.54) is 5.56 Å². The summed E-state index contributed by atoms with van der Waals surface area (Å²) < 4.78 is 5.69. The summed E-state index contributed by atoms with van der Waals surface area (Å²) in [6, 6.07) is 11.7. The van der Waals surface area contributed by atoms with Crippen LogP contribution in [0, 0.1) is 0 Å². The molecule has 0 radical (unpaired) electrons. The smallest absolute Gasteiger partial charge is 0.151 e. The van der Waals surface area contributed by atoms with E-state index in [4.69, 9.17) is 16.3 Å². The van der Waals surface area contributed by atoms with Gasteiger partial charge in [0.15, 0.2) is 5.15 Å². The summed E-state index contributed by atoms with van der Waals surface area (Å²) in [5.41, 5.74) is 2.27. The first-order valence-corrected chi connectivity index (χ1v) is 7.10. The van der Waals surface area contributed by atoms with Crippen LogP contribution in [0.3, 0.4) is 0 Å². The Morgan fingerprint density at radius 1 is 1.05 bits per heavy atom. The van der Waals surface area contributed by atoms with E-state index in [0.717, 1.165) is 17.9 Å². The molecule has 0 N–H and O–H groups in total. The maximum atomic E-state index is 5.69. The molecular formula is C16H19ClN2O. The van der Waals surface area contributed by atoms with Gasteiger partial charge in [0.1, 0.15) is 18.1 Å². The lowest BCUT2D eigenvalue weighted by atomic mass is 9.82. The van der Waals surface area contributed by atoms with Gasteiger partial charge in [0.05, 0.1) is 0 Å². The normalized spacial score (nSPS) is 11.4. The second-order valence-electron chi connectivity index (χ2n) is 5.40. The summed E-state index contributed by atoms with van der Waals surface area (Å²) in [6.07, 6.45) is 1.10. The summed E-state index contributed by atoms with van der Waals surface area (Å²) >= 11 is 5.69. The molecule has 1 aromatic heterocycles. The zero-order valence-corrected chi connectivity index (χ0v) is 12.8. The molecule has 2 aromatic rings. The molecule has 0 aliphatic rings. The molecule has 0 spiro atoms. The molecule has 0 amide bonds. The van der Waals surface area contributed by atoms with Crippen LogP contribution < -0.4 is 4.74 Å². The number of nitrogens with zero attached hydrogens (tertiary/aromatic N) is 2. The van der Waals surface area contributed by atoms with E-state index in [1.54, 1.807) is 6.07 Å². The highest BCUT2D eigenvalue weighted by Gasteiger charge is 2.17. The Bertz CT molecular complexity index is 550. The van der Waals surface area contributed by atoms with Crippen molar-refractivity contribution in [2.75, 3.05) is 0 Å². The summed E-state index contributed by atoms with van der Waals surface area (Å²) in [5, 5.41) is 8.13. The molecule has 2 rings (SSSR count). The van der Waals surface area contributed by atoms with Crippen molar-refractivity contribution < 1.29 is 4.74 Å². The molecule has 0 bridgehead atoms. The topological polar surface area (TPSA) is 35.0 Å². The summed E-state index contributed by atoms with van der Waals surface area (Å²) in [4.78, 5) is 0. The van der Waals surface area contributed by atoms with E-state index >= 15 is 0 Å². The number of benzene rings is 1. The third-order valence-corrected chi connectivity index (χ3v) is 3.80. The minimum absolute atomic E-state index is 0.195. The van der Waals surface area contributed by atoms with Crippen LogP contribution in [0.5, 0.6) is 5.75 Å². The van der Waals surface area contributed by atoms with Crippen molar-refractivity contribution in [1.82, 2.24) is 10.2 Å². The largest absolute Gasteiger partial charge is 0.487 e. The van der Waals surface area contributed by atoms with E-state index < -0.39 is 0 Å². The summed E-state index contributed by atoms with van der Waals surface area (Å²) in [6.45, 7) is 7.07. The van der Waals surface area contributed by atoms with E-state index in [9.17, 15) is 0 Å². The molecule has 1 aromatic carbocycles. The first-order chi connectivity index (χ1) is 9.51. The van der Waals surface area contributed by atoms with Crippen molar-refractivity contribution in [2.24, 2.45) is 0 Å². The van der Waals surface area contributed by atoms with Gasteiger partial charge < -0.3 is 4.74 Å². The van der Waals surface area contributed by atoms with Crippen molar-refractivity contribution in [2.45, 2.75) is 39.2 Å². The Hall–Kier alpha value is -1.61. The highest BCUT2D eigenvalue weighted by atomic mass is 35.5. The number of rotatable bonds is 5. The first-order valence-electron chi connectivity index (χ1n) is 6.73. The fourth-order valence-electron chi connectivity index (χ4n) is 1.78. The van der Waals surface area contributed by atoms with Crippen molar-refractivity contribution in [3.63, 3.8) is 0 Å². The van der Waals surface area contributed by atoms with Gasteiger partial charge in [-0.2, -0.15) is 5.10 Å². The predicted molar refractivity (Wildman–Crippen MR) is 81.1 cm³/mol. The lowest BCUT2D eigenvalue weighted by molar-refractivity contribution is 0.299. The van der Waals surface area contributed by atoms with Gasteiger partial charge in [-0.3, -0.25) is 0 Å². The van der Waals surface area contributed by atoms with Gasteiger partial charge in [0.2, 0.25) is 0 Å². The van der Waals surface area contributed by atoms with Crippen molar-refractivity contribution >= 4 is 11.6 Å². The monoisotopic (exact) mass is 290 g/mol. The van der Waals surface area contributed by atoms with Gasteiger partial charge in [-0.15, -0.1) is 5.10 Å². The summed E-state index contributed by atoms with van der Waals surface area (Å²) in [5.74, 6) is 0.831. The highest BCUT2D eigenvalue weighted by Crippen LogP contribution is 2.28. The van der Waals surface area contributed by atoms with E-state index in [-0.39, 0.29) is 5.41 Å². The summed E-state index contributed by atoms with van der Waals surface area (Å²) in [7, 11) is 0. The molecule has 0 aliphatic carbocycles. The third kappa shape index (κ3) is 3.70. The Labute approximate surface area is 125 Å². The average Bonchev–Trinajstić information content (AvgIpc) is 2.47. The SMILES string of the molecule is CCC(C)(C)c1ccc(OCc2ccc(Cl)nn2)cc1. The van der Waals surface area contributed by atoms with E-state index in [0.29, 0.717) is 11.8 Å². The third-order valence-electron chi connectivity index (χ3n) is 3.59. The zero-order chi connectivity index (χ0) is 14.6. The Kier molecular flexibility index (Phi) is 4.61. The minimum atomic E-state index is 0.195. The Morgan fingerprint density at radius 3 is 2.30 bits per heavy atom. The van der Waals surface area contributed by atoms with Crippen LogP contribution in [0.2, 0.25) is 5.15 Å². The lowest BCUT2D eigenvalue weighted by Crippen LogP contribution is -2.15. The quantitative estimate of drug-likeness (QED) is 0.819. The van der Waals surface area contributed by atoms with Gasteiger partial charge in [0.25, 0.3) is 0 Å². The van der Waals surface area contributed by atoms with Crippen LogP contribution in [0.25, 0.3) is 0 Å². The molecule has 0 saturated carbocycles. The fraction of sp³-hybridized carbons (Fsp3) is 0.375. The molecule has 0 fully saturated rings. The van der Waals surface area contributed by atoms with Gasteiger partial charge >= 0.3 is 0 Å². The van der Waals surface area contributed by atoms with Crippen LogP contribution in [-0.4, -0.2) is 10.2 Å². The van der Waals surface area contributed by atoms with Crippen LogP contribution in [0.4, 0.5) is 0 Å². The number of hydrogen-bond acceptors (Lipinski definition) is 3. The van der Waals surface area contributed by atoms with E-state index in [1.807, 2.05) is 18.2 Å². The molecule has 1 heterocycles. The van der Waals surface area contributed by atoms with Gasteiger partial charge in [-0.05, 0) is 41.7 Å². The zero-order valence-electron chi connectivity index (χ0n) is 12.1. The van der Waals surface area contributed by atoms with Crippen molar-refractivity contribution in [1.29, 1.82) is 0 Å². The van der Waals surface area contributed by atoms with Gasteiger partial charge in [-0.25, -0.2) is 0 Å². The number of aromatic nitrogens is 2. The lowest BCUT2D eigenvalue weighted by Gasteiger charge is -2.23. The Morgan fingerprint density at radius 2 is 1.75 bits per heavy atom. The minimum Gasteiger partial charge on any atom is -0.487 e. The molecular weight excluding hydrogens is 272 g/mol. The second-order valence-corrected chi connectivity index (χ2v) is 5.79. The molecule has 20 heavy (non-hydrogen) atoms. The van der Waals surface area contributed by atoms with Crippen LogP contribution in [0.1, 0.15) is 38.4 Å². The second kappa shape index (κ2) is 6.23. The maximum absolute atomic E-state index is 5.69. The molecule has 106 valence electrons. The standard InChI is InChI=1S/C16H19ClN2O/c1-4-16(2,3)12-5-8-14(9-6-12)20-11-13-7-10-15(17)19-18-13/h5-10H,4,11H2,1-3H3. The number of halogens is 1. The molecule has 4 heteroatoms. The first kappa shape index (κ1) is 14.8. The van der Waals surface area contributed by atoms with Crippen molar-refractivity contribution in [3.8, 4) is 5.75 Å². The van der Waals surface area contributed by atoms with Crippen LogP contribution >= 0.6 is 11.6 Å². The Balaban J connectivity index is 1.99. The average molecular weight is 291 g/mol. The number of ether oxygens (including phenoxy) is 1. The maximum Gasteiger partial charge on any atom is 0.151 e. The van der Waals surface area contributed by atoms with Gasteiger partial charge in [-0.1, -0.05) is 44.5 Å². The molecule has 0 atom stereocenters.